The molecule has 0 bridgehead atoms. The number of alkyl halides is 2. The zero-order chi connectivity index (χ0) is 10.3. The van der Waals surface area contributed by atoms with Crippen LogP contribution >= 0.6 is 0 Å². The molecule has 2 heterocycles. The third-order valence-electron chi connectivity index (χ3n) is 1.85. The van der Waals surface area contributed by atoms with E-state index < -0.39 is 17.6 Å². The number of ketones is 1. The molecule has 1 aromatic rings. The normalized spacial score (nSPS) is 18.7. The van der Waals surface area contributed by atoms with Crippen molar-refractivity contribution in [1.29, 1.82) is 0 Å². The molecular formula is C8H4F2N2O2. The van der Waals surface area contributed by atoms with Crippen molar-refractivity contribution in [2.45, 2.75) is 5.92 Å². The van der Waals surface area contributed by atoms with E-state index in [1.54, 1.807) is 0 Å². The second-order valence-electron chi connectivity index (χ2n) is 2.76. The third-order valence-corrected chi connectivity index (χ3v) is 1.85. The monoisotopic (exact) mass is 198 g/mol. The molecule has 0 fully saturated rings. The molecule has 6 heteroatoms. The van der Waals surface area contributed by atoms with Crippen molar-refractivity contribution in [2.75, 3.05) is 5.32 Å². The minimum absolute atomic E-state index is 0.117. The van der Waals surface area contributed by atoms with Crippen molar-refractivity contribution < 1.29 is 18.4 Å². The van der Waals surface area contributed by atoms with Gasteiger partial charge in [-0.05, 0) is 12.1 Å². The van der Waals surface area contributed by atoms with E-state index in [0.29, 0.717) is 0 Å². The molecule has 0 saturated carbocycles. The van der Waals surface area contributed by atoms with E-state index in [0.717, 1.165) is 0 Å². The summed E-state index contributed by atoms with van der Waals surface area (Å²) in [5, 5.41) is 1.86. The Morgan fingerprint density at radius 2 is 2.07 bits per heavy atom. The van der Waals surface area contributed by atoms with Gasteiger partial charge in [0.25, 0.3) is 0 Å². The highest BCUT2D eigenvalue weighted by molar-refractivity contribution is 6.24. The standard InChI is InChI=1S/C8H4F2N2O2/c9-8(10)5(13)4-2-1-3-11-6(4)12-7(8)14/h1-3H,(H,11,12,14). The number of hydrogen-bond donors (Lipinski definition) is 1. The molecular weight excluding hydrogens is 194 g/mol. The van der Waals surface area contributed by atoms with Gasteiger partial charge in [0.15, 0.2) is 0 Å². The fraction of sp³-hybridized carbons (Fsp3) is 0.125. The van der Waals surface area contributed by atoms with Crippen molar-refractivity contribution in [3.8, 4) is 0 Å². The minimum Gasteiger partial charge on any atom is -0.304 e. The molecule has 1 amide bonds. The van der Waals surface area contributed by atoms with Crippen LogP contribution in [0.1, 0.15) is 10.4 Å². The van der Waals surface area contributed by atoms with Crippen LogP contribution in [0.3, 0.4) is 0 Å². The minimum atomic E-state index is -3.99. The summed E-state index contributed by atoms with van der Waals surface area (Å²) in [6.07, 6.45) is 1.30. The highest BCUT2D eigenvalue weighted by Crippen LogP contribution is 2.29. The molecule has 2 rings (SSSR count). The number of amides is 1. The molecule has 1 aliphatic rings. The van der Waals surface area contributed by atoms with Gasteiger partial charge >= 0.3 is 11.8 Å². The number of anilines is 1. The lowest BCUT2D eigenvalue weighted by molar-refractivity contribution is -0.134. The average Bonchev–Trinajstić information content (AvgIpc) is 2.15. The van der Waals surface area contributed by atoms with E-state index >= 15 is 0 Å². The number of halogens is 2. The van der Waals surface area contributed by atoms with Crippen LogP contribution < -0.4 is 5.32 Å². The second-order valence-corrected chi connectivity index (χ2v) is 2.76. The van der Waals surface area contributed by atoms with Gasteiger partial charge in [-0.3, -0.25) is 9.59 Å². The SMILES string of the molecule is O=C1Nc2ncccc2C(=O)C1(F)F. The molecule has 0 atom stereocenters. The molecule has 4 nitrogen and oxygen atoms in total. The summed E-state index contributed by atoms with van der Waals surface area (Å²) in [5.74, 6) is -7.25. The van der Waals surface area contributed by atoms with E-state index in [-0.39, 0.29) is 11.4 Å². The molecule has 72 valence electrons. The van der Waals surface area contributed by atoms with Crippen molar-refractivity contribution in [1.82, 2.24) is 4.98 Å². The van der Waals surface area contributed by atoms with Crippen LogP contribution in [0.2, 0.25) is 0 Å². The number of carbonyl (C=O) groups excluding carboxylic acids is 2. The molecule has 0 aliphatic carbocycles. The molecule has 0 saturated heterocycles. The molecule has 0 radical (unpaired) electrons. The fourth-order valence-corrected chi connectivity index (χ4v) is 1.15. The van der Waals surface area contributed by atoms with Gasteiger partial charge in [0.2, 0.25) is 5.78 Å². The van der Waals surface area contributed by atoms with Crippen molar-refractivity contribution in [3.05, 3.63) is 23.9 Å². The summed E-state index contributed by atoms with van der Waals surface area (Å²) in [6.45, 7) is 0. The summed E-state index contributed by atoms with van der Waals surface area (Å²) in [4.78, 5) is 25.5. The molecule has 0 unspecified atom stereocenters. The van der Waals surface area contributed by atoms with Gasteiger partial charge in [0.05, 0.1) is 5.56 Å². The zero-order valence-electron chi connectivity index (χ0n) is 6.75. The number of carbonyl (C=O) groups is 2. The molecule has 14 heavy (non-hydrogen) atoms. The maximum Gasteiger partial charge on any atom is 0.386 e. The Balaban J connectivity index is 2.61. The smallest absolute Gasteiger partial charge is 0.304 e. The highest BCUT2D eigenvalue weighted by atomic mass is 19.3. The van der Waals surface area contributed by atoms with E-state index in [2.05, 4.69) is 4.98 Å². The van der Waals surface area contributed by atoms with Gasteiger partial charge in [0, 0.05) is 6.20 Å². The van der Waals surface area contributed by atoms with Crippen LogP contribution in [-0.2, 0) is 4.79 Å². The number of rotatable bonds is 0. The maximum absolute atomic E-state index is 12.9. The lowest BCUT2D eigenvalue weighted by Crippen LogP contribution is -2.46. The van der Waals surface area contributed by atoms with Crippen LogP contribution in [0.4, 0.5) is 14.6 Å². The summed E-state index contributed by atoms with van der Waals surface area (Å²) < 4.78 is 25.8. The van der Waals surface area contributed by atoms with Crippen LogP contribution in [0, 0.1) is 0 Å². The third kappa shape index (κ3) is 1.00. The molecule has 0 aromatic carbocycles. The predicted octanol–water partition coefficient (Wildman–Crippen LogP) is 0.852. The van der Waals surface area contributed by atoms with Crippen LogP contribution in [0.5, 0.6) is 0 Å². The Morgan fingerprint density at radius 3 is 2.79 bits per heavy atom. The van der Waals surface area contributed by atoms with Gasteiger partial charge in [-0.1, -0.05) is 0 Å². The summed E-state index contributed by atoms with van der Waals surface area (Å²) in [7, 11) is 0. The number of fused-ring (bicyclic) bond motifs is 1. The van der Waals surface area contributed by atoms with E-state index in [4.69, 9.17) is 0 Å². The van der Waals surface area contributed by atoms with Crippen molar-refractivity contribution >= 4 is 17.5 Å². The summed E-state index contributed by atoms with van der Waals surface area (Å²) in [5.41, 5.74) is -0.267. The van der Waals surface area contributed by atoms with Gasteiger partial charge in [-0.25, -0.2) is 4.98 Å². The number of pyridine rings is 1. The first-order chi connectivity index (χ1) is 6.53. The number of aromatic nitrogens is 1. The molecule has 1 N–H and O–H groups in total. The number of nitrogens with one attached hydrogen (secondary N) is 1. The molecule has 1 aromatic heterocycles. The topological polar surface area (TPSA) is 59.1 Å². The first kappa shape index (κ1) is 8.74. The lowest BCUT2D eigenvalue weighted by Gasteiger charge is -2.21. The second kappa shape index (κ2) is 2.57. The largest absolute Gasteiger partial charge is 0.386 e. The number of hydrogen-bond acceptors (Lipinski definition) is 3. The van der Waals surface area contributed by atoms with Crippen LogP contribution in [0.25, 0.3) is 0 Å². The van der Waals surface area contributed by atoms with Gasteiger partial charge in [-0.15, -0.1) is 0 Å². The quantitative estimate of drug-likeness (QED) is 0.628. The zero-order valence-corrected chi connectivity index (χ0v) is 6.75. The maximum atomic E-state index is 12.9. The van der Waals surface area contributed by atoms with Crippen molar-refractivity contribution in [3.63, 3.8) is 0 Å². The van der Waals surface area contributed by atoms with Crippen LogP contribution in [-0.4, -0.2) is 22.6 Å². The number of nitrogens with zero attached hydrogens (tertiary/aromatic N) is 1. The van der Waals surface area contributed by atoms with Gasteiger partial charge in [0.1, 0.15) is 5.82 Å². The van der Waals surface area contributed by atoms with Gasteiger partial charge in [-0.2, -0.15) is 8.78 Å². The van der Waals surface area contributed by atoms with E-state index in [1.807, 2.05) is 5.32 Å². The Kier molecular flexibility index (Phi) is 1.60. The summed E-state index contributed by atoms with van der Waals surface area (Å²) >= 11 is 0. The van der Waals surface area contributed by atoms with Crippen molar-refractivity contribution in [2.24, 2.45) is 0 Å². The van der Waals surface area contributed by atoms with Crippen LogP contribution in [0.15, 0.2) is 18.3 Å². The first-order valence-corrected chi connectivity index (χ1v) is 3.72. The van der Waals surface area contributed by atoms with E-state index in [1.165, 1.54) is 18.3 Å². The lowest BCUT2D eigenvalue weighted by atomic mass is 10.0. The Hall–Kier alpha value is -1.85. The number of Topliss-reactive ketones (excluding diaryl/α,β-unsaturated/α-hetero) is 1. The average molecular weight is 198 g/mol. The molecule has 1 aliphatic heterocycles. The Morgan fingerprint density at radius 1 is 1.36 bits per heavy atom. The molecule has 0 spiro atoms. The van der Waals surface area contributed by atoms with Gasteiger partial charge < -0.3 is 5.32 Å². The Labute approximate surface area is 76.9 Å². The predicted molar refractivity (Wildman–Crippen MR) is 42.1 cm³/mol. The highest BCUT2D eigenvalue weighted by Gasteiger charge is 2.51. The fourth-order valence-electron chi connectivity index (χ4n) is 1.15. The van der Waals surface area contributed by atoms with E-state index in [9.17, 15) is 18.4 Å². The Bertz CT molecular complexity index is 431. The first-order valence-electron chi connectivity index (χ1n) is 3.72. The summed E-state index contributed by atoms with van der Waals surface area (Å²) in [6, 6.07) is 2.54.